The van der Waals surface area contributed by atoms with Crippen LogP contribution in [0, 0.1) is 0 Å². The predicted molar refractivity (Wildman–Crippen MR) is 44.0 cm³/mol. The van der Waals surface area contributed by atoms with Crippen LogP contribution in [0.4, 0.5) is 0 Å². The molecule has 1 nitrogen and oxygen atoms in total. The summed E-state index contributed by atoms with van der Waals surface area (Å²) >= 11 is 5.22. The van der Waals surface area contributed by atoms with Crippen molar-refractivity contribution in [3.05, 3.63) is 22.8 Å². The van der Waals surface area contributed by atoms with Gasteiger partial charge in [-0.05, 0) is 32.4 Å². The van der Waals surface area contributed by atoms with Gasteiger partial charge in [0.15, 0.2) is 5.78 Å². The first-order valence-electron chi connectivity index (χ1n) is 3.04. The van der Waals surface area contributed by atoms with Gasteiger partial charge in [-0.25, -0.2) is 0 Å². The van der Waals surface area contributed by atoms with Crippen LogP contribution in [0.25, 0.3) is 0 Å². The van der Waals surface area contributed by atoms with E-state index in [4.69, 9.17) is 11.6 Å². The Balaban J connectivity index is 4.38. The highest BCUT2D eigenvalue weighted by Crippen LogP contribution is 2.03. The van der Waals surface area contributed by atoms with Gasteiger partial charge in [0.25, 0.3) is 0 Å². The predicted octanol–water partition coefficient (Wildman–Crippen LogP) is 2.66. The molecule has 0 spiro atoms. The summed E-state index contributed by atoms with van der Waals surface area (Å²) in [6.07, 6.45) is 1.35. The van der Waals surface area contributed by atoms with Gasteiger partial charge in [0.05, 0.1) is 0 Å². The molecule has 0 aliphatic carbocycles. The molecule has 0 aromatic rings. The number of rotatable bonds is 2. The Bertz CT molecular complexity index is 185. The van der Waals surface area contributed by atoms with Gasteiger partial charge in [0.2, 0.25) is 0 Å². The summed E-state index contributed by atoms with van der Waals surface area (Å²) in [6.45, 7) is 5.58. The Morgan fingerprint density at radius 2 is 1.80 bits per heavy atom. The van der Waals surface area contributed by atoms with Gasteiger partial charge in [-0.1, -0.05) is 17.2 Å². The summed E-state index contributed by atoms with van der Waals surface area (Å²) in [5, 5.41) is 0. The molecule has 0 saturated heterocycles. The van der Waals surface area contributed by atoms with Crippen molar-refractivity contribution < 1.29 is 4.79 Å². The Morgan fingerprint density at radius 3 is 2.10 bits per heavy atom. The molecule has 0 bridgehead atoms. The number of hydrogen-bond acceptors (Lipinski definition) is 1. The highest BCUT2D eigenvalue weighted by Gasteiger charge is 1.99. The van der Waals surface area contributed by atoms with Gasteiger partial charge in [-0.3, -0.25) is 4.79 Å². The number of allylic oxidation sites excluding steroid dienone is 3. The maximum atomic E-state index is 11.0. The first kappa shape index (κ1) is 9.44. The lowest BCUT2D eigenvalue weighted by atomic mass is 10.1. The molecule has 0 radical (unpaired) electrons. The van der Waals surface area contributed by atoms with Crippen molar-refractivity contribution in [2.45, 2.75) is 20.8 Å². The fourth-order valence-corrected chi connectivity index (χ4v) is 0.543. The number of ketones is 1. The molecule has 0 atom stereocenters. The number of hydrogen-bond donors (Lipinski definition) is 0. The van der Waals surface area contributed by atoms with E-state index in [0.717, 1.165) is 11.1 Å². The van der Waals surface area contributed by atoms with Gasteiger partial charge in [-0.2, -0.15) is 0 Å². The van der Waals surface area contributed by atoms with Crippen LogP contribution in [0.2, 0.25) is 0 Å². The van der Waals surface area contributed by atoms with E-state index in [9.17, 15) is 4.79 Å². The van der Waals surface area contributed by atoms with E-state index in [1.807, 2.05) is 13.8 Å². The second kappa shape index (κ2) is 4.29. The second-order valence-corrected chi connectivity index (χ2v) is 2.53. The molecule has 0 aromatic heterocycles. The normalized spacial score (nSPS) is 10.0. The Labute approximate surface area is 66.4 Å². The Morgan fingerprint density at radius 1 is 1.30 bits per heavy atom. The van der Waals surface area contributed by atoms with Crippen LogP contribution < -0.4 is 0 Å². The number of carbonyl (C=O) groups excluding carboxylic acids is 1. The van der Waals surface area contributed by atoms with Crippen molar-refractivity contribution in [1.82, 2.24) is 0 Å². The highest BCUT2D eigenvalue weighted by atomic mass is 35.5. The van der Waals surface area contributed by atoms with Gasteiger partial charge >= 0.3 is 0 Å². The summed E-state index contributed by atoms with van der Waals surface area (Å²) in [6, 6.07) is 0. The maximum absolute atomic E-state index is 11.0. The molecule has 0 rings (SSSR count). The second-order valence-electron chi connectivity index (χ2n) is 2.28. The molecule has 0 N–H and O–H groups in total. The van der Waals surface area contributed by atoms with Crippen molar-refractivity contribution in [1.29, 1.82) is 0 Å². The zero-order chi connectivity index (χ0) is 8.15. The Hall–Kier alpha value is -0.560. The third kappa shape index (κ3) is 2.83. The number of halogens is 1. The molecule has 0 saturated carbocycles. The topological polar surface area (TPSA) is 17.1 Å². The largest absolute Gasteiger partial charge is 0.290 e. The van der Waals surface area contributed by atoms with E-state index in [1.165, 1.54) is 11.6 Å². The lowest BCUT2D eigenvalue weighted by Gasteiger charge is -1.95. The summed E-state index contributed by atoms with van der Waals surface area (Å²) in [4.78, 5) is 11.0. The molecule has 0 unspecified atom stereocenters. The van der Waals surface area contributed by atoms with Crippen LogP contribution in [0.1, 0.15) is 20.8 Å². The zero-order valence-electron chi connectivity index (χ0n) is 6.44. The third-order valence-corrected chi connectivity index (χ3v) is 1.46. The van der Waals surface area contributed by atoms with Crippen molar-refractivity contribution in [3.8, 4) is 0 Å². The first-order valence-corrected chi connectivity index (χ1v) is 3.48. The van der Waals surface area contributed by atoms with Gasteiger partial charge < -0.3 is 0 Å². The van der Waals surface area contributed by atoms with E-state index in [1.54, 1.807) is 6.92 Å². The van der Waals surface area contributed by atoms with E-state index >= 15 is 0 Å². The lowest BCUT2D eigenvalue weighted by molar-refractivity contribution is -0.111. The fraction of sp³-hybridized carbons (Fsp3) is 0.375. The van der Waals surface area contributed by atoms with Crippen LogP contribution in [0.5, 0.6) is 0 Å². The minimum Gasteiger partial charge on any atom is -0.290 e. The molecule has 0 fully saturated rings. The van der Waals surface area contributed by atoms with Crippen LogP contribution in [-0.2, 0) is 4.79 Å². The average Bonchev–Trinajstić information content (AvgIpc) is 1.87. The van der Waals surface area contributed by atoms with E-state index in [0.29, 0.717) is 0 Å². The molecular formula is C8H11ClO. The third-order valence-electron chi connectivity index (χ3n) is 1.33. The Kier molecular flexibility index (Phi) is 4.05. The summed E-state index contributed by atoms with van der Waals surface area (Å²) in [5.74, 6) is -0.0185. The van der Waals surface area contributed by atoms with Crippen molar-refractivity contribution in [3.63, 3.8) is 0 Å². The van der Waals surface area contributed by atoms with Gasteiger partial charge in [0.1, 0.15) is 0 Å². The van der Waals surface area contributed by atoms with E-state index in [-0.39, 0.29) is 5.78 Å². The monoisotopic (exact) mass is 158 g/mol. The molecule has 0 amide bonds. The molecule has 56 valence electrons. The first-order chi connectivity index (χ1) is 4.59. The smallest absolute Gasteiger partial charge is 0.182 e. The summed E-state index contributed by atoms with van der Waals surface area (Å²) in [5.41, 5.74) is 3.02. The van der Waals surface area contributed by atoms with E-state index in [2.05, 4.69) is 0 Å². The quantitative estimate of drug-likeness (QED) is 0.565. The standard InChI is InChI=1S/C8H11ClO/c1-6(2)7(3)8(10)4-5-9/h4-5H,1-3H3/b5-4-. The highest BCUT2D eigenvalue weighted by molar-refractivity contribution is 6.27. The van der Waals surface area contributed by atoms with Crippen LogP contribution in [-0.4, -0.2) is 5.78 Å². The van der Waals surface area contributed by atoms with Crippen LogP contribution >= 0.6 is 11.6 Å². The van der Waals surface area contributed by atoms with Crippen molar-refractivity contribution in [2.24, 2.45) is 0 Å². The molecule has 0 heterocycles. The lowest BCUT2D eigenvalue weighted by Crippen LogP contribution is -1.95. The van der Waals surface area contributed by atoms with Gasteiger partial charge in [-0.15, -0.1) is 0 Å². The molecule has 0 aliphatic rings. The van der Waals surface area contributed by atoms with Crippen LogP contribution in [0.3, 0.4) is 0 Å². The molecular weight excluding hydrogens is 148 g/mol. The summed E-state index contributed by atoms with van der Waals surface area (Å²) < 4.78 is 0. The fourth-order valence-electron chi connectivity index (χ4n) is 0.429. The van der Waals surface area contributed by atoms with Crippen LogP contribution in [0.15, 0.2) is 22.8 Å². The minimum absolute atomic E-state index is 0.0185. The minimum atomic E-state index is -0.0185. The molecule has 10 heavy (non-hydrogen) atoms. The number of carbonyl (C=O) groups is 1. The van der Waals surface area contributed by atoms with E-state index < -0.39 is 0 Å². The molecule has 2 heteroatoms. The zero-order valence-corrected chi connectivity index (χ0v) is 7.20. The molecule has 0 aromatic carbocycles. The average molecular weight is 159 g/mol. The maximum Gasteiger partial charge on any atom is 0.182 e. The van der Waals surface area contributed by atoms with Crippen molar-refractivity contribution in [2.75, 3.05) is 0 Å². The summed E-state index contributed by atoms with van der Waals surface area (Å²) in [7, 11) is 0. The van der Waals surface area contributed by atoms with Crippen molar-refractivity contribution >= 4 is 17.4 Å². The molecule has 0 aliphatic heterocycles. The van der Waals surface area contributed by atoms with Gasteiger partial charge in [0, 0.05) is 5.54 Å². The SMILES string of the molecule is CC(C)=C(C)C(=O)/C=C\Cl.